The fourth-order valence-corrected chi connectivity index (χ4v) is 2.77. The molecule has 1 aromatic rings. The lowest BCUT2D eigenvalue weighted by Crippen LogP contribution is -2.09. The van der Waals surface area contributed by atoms with Gasteiger partial charge in [-0.3, -0.25) is 4.98 Å². The summed E-state index contributed by atoms with van der Waals surface area (Å²) in [6.45, 7) is 4.89. The predicted octanol–water partition coefficient (Wildman–Crippen LogP) is 3.60. The molecule has 1 saturated carbocycles. The number of hydrogen-bond acceptors (Lipinski definition) is 2. The SMILES string of the molecule is CCOc1cncc(C2CCC(Cl)C2C)c1. The van der Waals surface area contributed by atoms with Crippen molar-refractivity contribution in [3.05, 3.63) is 24.0 Å². The average Bonchev–Trinajstić information content (AvgIpc) is 2.61. The lowest BCUT2D eigenvalue weighted by molar-refractivity contribution is 0.338. The molecule has 0 aromatic carbocycles. The Labute approximate surface area is 102 Å². The van der Waals surface area contributed by atoms with E-state index in [1.54, 1.807) is 6.20 Å². The van der Waals surface area contributed by atoms with Gasteiger partial charge in [0.25, 0.3) is 0 Å². The number of halogens is 1. The summed E-state index contributed by atoms with van der Waals surface area (Å²) in [5.74, 6) is 1.93. The topological polar surface area (TPSA) is 22.1 Å². The van der Waals surface area contributed by atoms with Crippen molar-refractivity contribution in [3.63, 3.8) is 0 Å². The lowest BCUT2D eigenvalue weighted by Gasteiger charge is -2.17. The van der Waals surface area contributed by atoms with E-state index >= 15 is 0 Å². The highest BCUT2D eigenvalue weighted by Gasteiger charge is 2.32. The van der Waals surface area contributed by atoms with E-state index in [4.69, 9.17) is 16.3 Å². The first-order chi connectivity index (χ1) is 7.72. The number of nitrogens with zero attached hydrogens (tertiary/aromatic N) is 1. The third kappa shape index (κ3) is 2.32. The second-order valence-corrected chi connectivity index (χ2v) is 5.01. The van der Waals surface area contributed by atoms with Crippen molar-refractivity contribution in [2.24, 2.45) is 5.92 Å². The molecule has 1 aromatic heterocycles. The van der Waals surface area contributed by atoms with Crippen LogP contribution >= 0.6 is 11.6 Å². The van der Waals surface area contributed by atoms with E-state index in [1.807, 2.05) is 13.1 Å². The van der Waals surface area contributed by atoms with E-state index in [0.717, 1.165) is 18.6 Å². The standard InChI is InChI=1S/C13H18ClNO/c1-3-16-11-6-10(7-15-8-11)12-4-5-13(14)9(12)2/h6-9,12-13H,3-5H2,1-2H3. The van der Waals surface area contributed by atoms with Crippen molar-refractivity contribution in [2.45, 2.75) is 38.0 Å². The first kappa shape index (κ1) is 11.7. The summed E-state index contributed by atoms with van der Waals surface area (Å²) in [6.07, 6.45) is 5.97. The van der Waals surface area contributed by atoms with Crippen LogP contribution in [-0.2, 0) is 0 Å². The first-order valence-electron chi connectivity index (χ1n) is 5.94. The minimum Gasteiger partial charge on any atom is -0.492 e. The van der Waals surface area contributed by atoms with Crippen molar-refractivity contribution < 1.29 is 4.74 Å². The molecular formula is C13H18ClNO. The number of rotatable bonds is 3. The Morgan fingerprint density at radius 3 is 2.88 bits per heavy atom. The average molecular weight is 240 g/mol. The minimum atomic E-state index is 0.306. The van der Waals surface area contributed by atoms with Gasteiger partial charge in [-0.25, -0.2) is 0 Å². The Bertz CT molecular complexity index is 356. The van der Waals surface area contributed by atoms with Crippen LogP contribution in [0.3, 0.4) is 0 Å². The molecule has 3 atom stereocenters. The molecule has 0 aliphatic heterocycles. The van der Waals surface area contributed by atoms with Crippen molar-refractivity contribution in [3.8, 4) is 5.75 Å². The van der Waals surface area contributed by atoms with Gasteiger partial charge < -0.3 is 4.74 Å². The zero-order valence-corrected chi connectivity index (χ0v) is 10.6. The van der Waals surface area contributed by atoms with Crippen molar-refractivity contribution in [2.75, 3.05) is 6.61 Å². The van der Waals surface area contributed by atoms with Gasteiger partial charge in [0.15, 0.2) is 0 Å². The van der Waals surface area contributed by atoms with Gasteiger partial charge in [-0.05, 0) is 43.2 Å². The molecule has 16 heavy (non-hydrogen) atoms. The molecule has 1 aliphatic rings. The van der Waals surface area contributed by atoms with E-state index in [0.29, 0.717) is 23.8 Å². The molecule has 1 aliphatic carbocycles. The molecule has 0 amide bonds. The predicted molar refractivity (Wildman–Crippen MR) is 66.2 cm³/mol. The summed E-state index contributed by atoms with van der Waals surface area (Å²) in [5, 5.41) is 0.306. The summed E-state index contributed by atoms with van der Waals surface area (Å²) in [7, 11) is 0. The summed E-state index contributed by atoms with van der Waals surface area (Å²) in [4.78, 5) is 4.24. The normalized spacial score (nSPS) is 29.3. The Morgan fingerprint density at radius 1 is 1.44 bits per heavy atom. The Morgan fingerprint density at radius 2 is 2.25 bits per heavy atom. The van der Waals surface area contributed by atoms with Crippen LogP contribution in [-0.4, -0.2) is 17.0 Å². The van der Waals surface area contributed by atoms with E-state index in [9.17, 15) is 0 Å². The van der Waals surface area contributed by atoms with Gasteiger partial charge in [-0.2, -0.15) is 0 Å². The van der Waals surface area contributed by atoms with Crippen LogP contribution < -0.4 is 4.74 Å². The van der Waals surface area contributed by atoms with Crippen molar-refractivity contribution in [1.29, 1.82) is 0 Å². The molecule has 0 radical (unpaired) electrons. The molecule has 88 valence electrons. The Balaban J connectivity index is 2.17. The highest BCUT2D eigenvalue weighted by atomic mass is 35.5. The number of alkyl halides is 1. The second-order valence-electron chi connectivity index (χ2n) is 4.45. The molecule has 0 N–H and O–H groups in total. The fourth-order valence-electron chi connectivity index (χ4n) is 2.47. The van der Waals surface area contributed by atoms with Gasteiger partial charge in [-0.15, -0.1) is 11.6 Å². The molecule has 3 unspecified atom stereocenters. The van der Waals surface area contributed by atoms with Gasteiger partial charge >= 0.3 is 0 Å². The summed E-state index contributed by atoms with van der Waals surface area (Å²) < 4.78 is 5.47. The summed E-state index contributed by atoms with van der Waals surface area (Å²) >= 11 is 6.26. The van der Waals surface area contributed by atoms with Crippen LogP contribution in [0, 0.1) is 5.92 Å². The fraction of sp³-hybridized carbons (Fsp3) is 0.615. The van der Waals surface area contributed by atoms with Crippen LogP contribution in [0.15, 0.2) is 18.5 Å². The molecule has 2 rings (SSSR count). The molecular weight excluding hydrogens is 222 g/mol. The third-order valence-corrected chi connectivity index (χ3v) is 4.05. The monoisotopic (exact) mass is 239 g/mol. The van der Waals surface area contributed by atoms with Gasteiger partial charge in [0, 0.05) is 11.6 Å². The molecule has 1 heterocycles. The van der Waals surface area contributed by atoms with Gasteiger partial charge in [0.1, 0.15) is 5.75 Å². The minimum absolute atomic E-state index is 0.306. The lowest BCUT2D eigenvalue weighted by atomic mass is 9.91. The maximum atomic E-state index is 6.26. The highest BCUT2D eigenvalue weighted by molar-refractivity contribution is 6.21. The summed E-state index contributed by atoms with van der Waals surface area (Å²) in [5.41, 5.74) is 1.27. The maximum Gasteiger partial charge on any atom is 0.137 e. The number of hydrogen-bond donors (Lipinski definition) is 0. The van der Waals surface area contributed by atoms with Gasteiger partial charge in [0.2, 0.25) is 0 Å². The van der Waals surface area contributed by atoms with Crippen LogP contribution in [0.4, 0.5) is 0 Å². The number of pyridine rings is 1. The highest BCUT2D eigenvalue weighted by Crippen LogP contribution is 2.42. The number of aromatic nitrogens is 1. The quantitative estimate of drug-likeness (QED) is 0.752. The van der Waals surface area contributed by atoms with E-state index < -0.39 is 0 Å². The van der Waals surface area contributed by atoms with Crippen LogP contribution in [0.1, 0.15) is 38.2 Å². The zero-order valence-electron chi connectivity index (χ0n) is 9.82. The van der Waals surface area contributed by atoms with Crippen LogP contribution in [0.5, 0.6) is 5.75 Å². The van der Waals surface area contributed by atoms with Crippen LogP contribution in [0.25, 0.3) is 0 Å². The van der Waals surface area contributed by atoms with E-state index in [2.05, 4.69) is 18.0 Å². The van der Waals surface area contributed by atoms with E-state index in [-0.39, 0.29) is 0 Å². The van der Waals surface area contributed by atoms with Gasteiger partial charge in [0.05, 0.1) is 12.8 Å². The first-order valence-corrected chi connectivity index (χ1v) is 6.37. The second kappa shape index (κ2) is 5.05. The molecule has 2 nitrogen and oxygen atoms in total. The molecule has 0 saturated heterocycles. The number of ether oxygens (including phenoxy) is 1. The van der Waals surface area contributed by atoms with Crippen molar-refractivity contribution >= 4 is 11.6 Å². The van der Waals surface area contributed by atoms with Gasteiger partial charge in [-0.1, -0.05) is 6.92 Å². The summed E-state index contributed by atoms with van der Waals surface area (Å²) in [6, 6.07) is 2.10. The Kier molecular flexibility index (Phi) is 3.70. The van der Waals surface area contributed by atoms with Crippen molar-refractivity contribution in [1.82, 2.24) is 4.98 Å². The molecule has 3 heteroatoms. The third-order valence-electron chi connectivity index (χ3n) is 3.43. The zero-order chi connectivity index (χ0) is 11.5. The maximum absolute atomic E-state index is 6.26. The smallest absolute Gasteiger partial charge is 0.137 e. The van der Waals surface area contributed by atoms with E-state index in [1.165, 1.54) is 5.56 Å². The molecule has 0 spiro atoms. The molecule has 0 bridgehead atoms. The molecule has 1 fully saturated rings. The largest absolute Gasteiger partial charge is 0.492 e. The Hall–Kier alpha value is -0.760. The van der Waals surface area contributed by atoms with Crippen LogP contribution in [0.2, 0.25) is 0 Å².